The summed E-state index contributed by atoms with van der Waals surface area (Å²) in [4.78, 5) is 42.4. The van der Waals surface area contributed by atoms with E-state index in [0.29, 0.717) is 0 Å². The van der Waals surface area contributed by atoms with Gasteiger partial charge >= 0.3 is 0 Å². The van der Waals surface area contributed by atoms with E-state index in [2.05, 4.69) is 25.9 Å². The van der Waals surface area contributed by atoms with Crippen molar-refractivity contribution in [1.82, 2.24) is 25.9 Å². The minimum atomic E-state index is -0.644. The van der Waals surface area contributed by atoms with Gasteiger partial charge in [-0.25, -0.2) is 4.98 Å². The molecule has 134 valence electrons. The summed E-state index contributed by atoms with van der Waals surface area (Å²) in [7, 11) is 0. The lowest BCUT2D eigenvalue weighted by Gasteiger charge is -2.15. The molecule has 1 aromatic rings. The second-order valence-corrected chi connectivity index (χ2v) is 5.18. The molecule has 0 aromatic carbocycles. The van der Waals surface area contributed by atoms with E-state index in [0.717, 1.165) is 0 Å². The molecule has 3 amide bonds. The minimum absolute atomic E-state index is 0. The Morgan fingerprint density at radius 3 is 2.38 bits per heavy atom. The molecular weight excluding hydrogens is 336 g/mol. The fourth-order valence-corrected chi connectivity index (χ4v) is 1.54. The molecule has 9 nitrogen and oxygen atoms in total. The summed E-state index contributed by atoms with van der Waals surface area (Å²) in [6.45, 7) is 3.96. The third-order valence-corrected chi connectivity index (χ3v) is 2.97. The van der Waals surface area contributed by atoms with E-state index in [9.17, 15) is 14.4 Å². The Labute approximate surface area is 146 Å². The number of nitrogens with zero attached hydrogens (tertiary/aromatic N) is 2. The van der Waals surface area contributed by atoms with Crippen LogP contribution in [0.4, 0.5) is 0 Å². The largest absolute Gasteiger partial charge is 0.353 e. The molecule has 1 rings (SSSR count). The second-order valence-electron chi connectivity index (χ2n) is 5.18. The number of nitrogens with two attached hydrogens (primary N) is 1. The van der Waals surface area contributed by atoms with Crippen molar-refractivity contribution in [1.29, 1.82) is 0 Å². The number of carbonyl (C=O) groups excluding carboxylic acids is 3. The van der Waals surface area contributed by atoms with E-state index < -0.39 is 6.04 Å². The molecule has 0 aliphatic carbocycles. The lowest BCUT2D eigenvalue weighted by Crippen LogP contribution is -2.47. The quantitative estimate of drug-likeness (QED) is 0.432. The molecule has 0 saturated carbocycles. The summed E-state index contributed by atoms with van der Waals surface area (Å²) in [6.07, 6.45) is 4.24. The van der Waals surface area contributed by atoms with Gasteiger partial charge in [0.05, 0.1) is 18.8 Å². The molecule has 0 aliphatic heterocycles. The van der Waals surface area contributed by atoms with Crippen molar-refractivity contribution in [2.45, 2.75) is 19.9 Å². The van der Waals surface area contributed by atoms with Gasteiger partial charge in [-0.15, -0.1) is 12.4 Å². The van der Waals surface area contributed by atoms with Crippen molar-refractivity contribution in [3.63, 3.8) is 0 Å². The molecule has 1 atom stereocenters. The van der Waals surface area contributed by atoms with E-state index in [1.54, 1.807) is 0 Å². The first-order valence-electron chi connectivity index (χ1n) is 7.26. The average molecular weight is 359 g/mol. The maximum Gasteiger partial charge on any atom is 0.271 e. The first kappa shape index (κ1) is 21.7. The first-order chi connectivity index (χ1) is 10.9. The van der Waals surface area contributed by atoms with E-state index in [4.69, 9.17) is 5.73 Å². The zero-order valence-corrected chi connectivity index (χ0v) is 14.4. The van der Waals surface area contributed by atoms with Crippen LogP contribution in [0, 0.1) is 5.92 Å². The summed E-state index contributed by atoms with van der Waals surface area (Å²) < 4.78 is 0. The molecule has 24 heavy (non-hydrogen) atoms. The Morgan fingerprint density at radius 1 is 1.12 bits per heavy atom. The summed E-state index contributed by atoms with van der Waals surface area (Å²) >= 11 is 0. The van der Waals surface area contributed by atoms with Crippen LogP contribution in [-0.2, 0) is 9.59 Å². The number of rotatable bonds is 8. The van der Waals surface area contributed by atoms with Crippen LogP contribution in [-0.4, -0.2) is 53.4 Å². The van der Waals surface area contributed by atoms with Gasteiger partial charge in [-0.1, -0.05) is 13.8 Å². The number of hydrogen-bond acceptors (Lipinski definition) is 6. The lowest BCUT2D eigenvalue weighted by atomic mass is 10.1. The number of nitrogens with one attached hydrogen (secondary N) is 3. The molecule has 0 bridgehead atoms. The number of carbonyl (C=O) groups is 3. The van der Waals surface area contributed by atoms with Gasteiger partial charge < -0.3 is 21.7 Å². The smallest absolute Gasteiger partial charge is 0.271 e. The topological polar surface area (TPSA) is 139 Å². The molecule has 0 saturated heterocycles. The zero-order valence-electron chi connectivity index (χ0n) is 13.6. The third-order valence-electron chi connectivity index (χ3n) is 2.97. The fourth-order valence-electron chi connectivity index (χ4n) is 1.54. The maximum absolute atomic E-state index is 11.6. The van der Waals surface area contributed by atoms with Crippen LogP contribution in [0.1, 0.15) is 24.3 Å². The Morgan fingerprint density at radius 2 is 1.79 bits per heavy atom. The molecule has 1 heterocycles. The lowest BCUT2D eigenvalue weighted by molar-refractivity contribution is -0.127. The monoisotopic (exact) mass is 358 g/mol. The average Bonchev–Trinajstić information content (AvgIpc) is 2.56. The summed E-state index contributed by atoms with van der Waals surface area (Å²) in [6, 6.07) is -0.644. The number of amides is 3. The highest BCUT2D eigenvalue weighted by atomic mass is 35.5. The molecule has 0 aliphatic rings. The SMILES string of the molecule is CC(C)[C@H](N)C(=O)NCC(=O)NCCNC(=O)c1cnccn1.Cl. The van der Waals surface area contributed by atoms with Crippen LogP contribution < -0.4 is 21.7 Å². The van der Waals surface area contributed by atoms with Gasteiger partial charge in [0.15, 0.2) is 0 Å². The molecule has 1 aromatic heterocycles. The minimum Gasteiger partial charge on any atom is -0.353 e. The van der Waals surface area contributed by atoms with Gasteiger partial charge in [0.25, 0.3) is 5.91 Å². The summed E-state index contributed by atoms with van der Waals surface area (Å²) in [5, 5.41) is 7.61. The number of aromatic nitrogens is 2. The zero-order chi connectivity index (χ0) is 17.2. The normalized spacial score (nSPS) is 11.2. The second kappa shape index (κ2) is 11.3. The number of halogens is 1. The molecule has 0 unspecified atom stereocenters. The predicted molar refractivity (Wildman–Crippen MR) is 90.4 cm³/mol. The van der Waals surface area contributed by atoms with Crippen LogP contribution >= 0.6 is 12.4 Å². The van der Waals surface area contributed by atoms with Crippen molar-refractivity contribution >= 4 is 30.1 Å². The van der Waals surface area contributed by atoms with Crippen molar-refractivity contribution in [3.05, 3.63) is 24.3 Å². The van der Waals surface area contributed by atoms with Crippen LogP contribution in [0.2, 0.25) is 0 Å². The molecule has 0 spiro atoms. The first-order valence-corrected chi connectivity index (χ1v) is 7.26. The Bertz CT molecular complexity index is 541. The van der Waals surface area contributed by atoms with E-state index >= 15 is 0 Å². The van der Waals surface area contributed by atoms with E-state index in [1.165, 1.54) is 18.6 Å². The van der Waals surface area contributed by atoms with Crippen LogP contribution in [0.3, 0.4) is 0 Å². The van der Waals surface area contributed by atoms with E-state index in [-0.39, 0.29) is 61.4 Å². The van der Waals surface area contributed by atoms with Crippen molar-refractivity contribution in [2.24, 2.45) is 11.7 Å². The van der Waals surface area contributed by atoms with Gasteiger partial charge in [0, 0.05) is 25.5 Å². The summed E-state index contributed by atoms with van der Waals surface area (Å²) in [5.74, 6) is -1.10. The van der Waals surface area contributed by atoms with E-state index in [1.807, 2.05) is 13.8 Å². The van der Waals surface area contributed by atoms with Gasteiger partial charge in [-0.05, 0) is 5.92 Å². The molecule has 10 heteroatoms. The van der Waals surface area contributed by atoms with Crippen molar-refractivity contribution < 1.29 is 14.4 Å². The van der Waals surface area contributed by atoms with Gasteiger partial charge in [-0.2, -0.15) is 0 Å². The highest BCUT2D eigenvalue weighted by molar-refractivity contribution is 5.92. The highest BCUT2D eigenvalue weighted by Crippen LogP contribution is 1.97. The Kier molecular flexibility index (Phi) is 10.2. The fraction of sp³-hybridized carbons (Fsp3) is 0.500. The van der Waals surface area contributed by atoms with Gasteiger partial charge in [0.1, 0.15) is 5.69 Å². The van der Waals surface area contributed by atoms with Gasteiger partial charge in [0.2, 0.25) is 11.8 Å². The Balaban J connectivity index is 0.00000529. The van der Waals surface area contributed by atoms with Crippen molar-refractivity contribution in [3.8, 4) is 0 Å². The van der Waals surface area contributed by atoms with Gasteiger partial charge in [-0.3, -0.25) is 19.4 Å². The third kappa shape index (κ3) is 7.84. The highest BCUT2D eigenvalue weighted by Gasteiger charge is 2.17. The maximum atomic E-state index is 11.6. The molecule has 5 N–H and O–H groups in total. The van der Waals surface area contributed by atoms with Crippen LogP contribution in [0.25, 0.3) is 0 Å². The number of hydrogen-bond donors (Lipinski definition) is 4. The Hall–Kier alpha value is -2.26. The molecule has 0 fully saturated rings. The van der Waals surface area contributed by atoms with Crippen molar-refractivity contribution in [2.75, 3.05) is 19.6 Å². The molecular formula is C14H23ClN6O3. The standard InChI is InChI=1S/C14H22N6O3.ClH/c1-9(2)12(15)14(23)20-8-11(21)18-5-6-19-13(22)10-7-16-3-4-17-10;/h3-4,7,9,12H,5-6,8,15H2,1-2H3,(H,18,21)(H,19,22)(H,20,23);1H/t12-;/m0./s1. The predicted octanol–water partition coefficient (Wildman–Crippen LogP) is -1.16. The van der Waals surface area contributed by atoms with Crippen LogP contribution in [0.15, 0.2) is 18.6 Å². The van der Waals surface area contributed by atoms with Crippen LogP contribution in [0.5, 0.6) is 0 Å². The summed E-state index contributed by atoms with van der Waals surface area (Å²) in [5.41, 5.74) is 5.86. The molecule has 0 radical (unpaired) electrons.